The van der Waals surface area contributed by atoms with Crippen molar-refractivity contribution in [1.29, 1.82) is 0 Å². The molecule has 3 heterocycles. The van der Waals surface area contributed by atoms with Crippen LogP contribution >= 0.6 is 11.8 Å². The van der Waals surface area contributed by atoms with E-state index in [-0.39, 0.29) is 0 Å². The molecule has 0 aliphatic carbocycles. The first kappa shape index (κ1) is 19.2. The van der Waals surface area contributed by atoms with Crippen LogP contribution in [0.1, 0.15) is 38.2 Å². The molecule has 28 heavy (non-hydrogen) atoms. The van der Waals surface area contributed by atoms with Gasteiger partial charge in [-0.15, -0.1) is 0 Å². The fourth-order valence-corrected chi connectivity index (χ4v) is 5.21. The third-order valence-corrected chi connectivity index (χ3v) is 6.71. The Balaban J connectivity index is 1.43. The van der Waals surface area contributed by atoms with Crippen molar-refractivity contribution in [3.05, 3.63) is 36.2 Å². The third kappa shape index (κ3) is 4.31. The number of hydrogen-bond donors (Lipinski definition) is 2. The number of carbonyl (C=O) groups is 1. The van der Waals surface area contributed by atoms with Gasteiger partial charge in [-0.2, -0.15) is 0 Å². The van der Waals surface area contributed by atoms with Crippen LogP contribution in [0.15, 0.2) is 40.5 Å². The van der Waals surface area contributed by atoms with Gasteiger partial charge < -0.3 is 10.4 Å². The lowest BCUT2D eigenvalue weighted by Crippen LogP contribution is -2.40. The lowest BCUT2D eigenvalue weighted by Gasteiger charge is -2.38. The summed E-state index contributed by atoms with van der Waals surface area (Å²) < 4.78 is 0. The van der Waals surface area contributed by atoms with Crippen molar-refractivity contribution in [3.8, 4) is 0 Å². The van der Waals surface area contributed by atoms with Gasteiger partial charge in [-0.3, -0.25) is 9.69 Å². The molecule has 0 bridgehead atoms. The van der Waals surface area contributed by atoms with E-state index >= 15 is 0 Å². The zero-order valence-corrected chi connectivity index (χ0v) is 16.9. The first-order valence-corrected chi connectivity index (χ1v) is 10.8. The molecule has 2 unspecified atom stereocenters. The monoisotopic (exact) mass is 398 g/mol. The molecule has 0 amide bonds. The molecule has 1 saturated heterocycles. The number of rotatable bonds is 6. The van der Waals surface area contributed by atoms with E-state index in [1.807, 2.05) is 0 Å². The van der Waals surface area contributed by atoms with Crippen molar-refractivity contribution in [1.82, 2.24) is 14.9 Å². The van der Waals surface area contributed by atoms with Crippen molar-refractivity contribution in [2.24, 2.45) is 11.8 Å². The van der Waals surface area contributed by atoms with Crippen LogP contribution in [0.5, 0.6) is 0 Å². The smallest absolute Gasteiger partial charge is 0.303 e. The highest BCUT2D eigenvalue weighted by atomic mass is 32.2. The number of benzene rings is 1. The van der Waals surface area contributed by atoms with Crippen molar-refractivity contribution in [2.75, 3.05) is 18.4 Å². The number of likely N-dealkylation sites (tertiary alicyclic amines) is 1. The van der Waals surface area contributed by atoms with Gasteiger partial charge in [0.15, 0.2) is 5.82 Å². The van der Waals surface area contributed by atoms with Gasteiger partial charge in [0.2, 0.25) is 0 Å². The van der Waals surface area contributed by atoms with Crippen LogP contribution in [0.4, 0.5) is 11.5 Å². The fraction of sp³-hybridized carbons (Fsp3) is 0.476. The summed E-state index contributed by atoms with van der Waals surface area (Å²) in [5.41, 5.74) is 2.35. The van der Waals surface area contributed by atoms with Crippen LogP contribution in [0.25, 0.3) is 0 Å². The highest BCUT2D eigenvalue weighted by Gasteiger charge is 2.30. The molecule has 2 aliphatic heterocycles. The predicted octanol–water partition coefficient (Wildman–Crippen LogP) is 4.40. The molecular formula is C21H26N4O2S. The lowest BCUT2D eigenvalue weighted by atomic mass is 9.80. The second kappa shape index (κ2) is 8.49. The van der Waals surface area contributed by atoms with E-state index in [1.165, 1.54) is 10.5 Å². The van der Waals surface area contributed by atoms with Gasteiger partial charge in [-0.1, -0.05) is 31.2 Å². The molecule has 2 aliphatic rings. The summed E-state index contributed by atoms with van der Waals surface area (Å²) in [5.74, 6) is 0.935. The van der Waals surface area contributed by atoms with Crippen LogP contribution in [-0.4, -0.2) is 39.0 Å². The summed E-state index contributed by atoms with van der Waals surface area (Å²) in [5, 5.41) is 13.5. The number of piperidine rings is 1. The Kier molecular flexibility index (Phi) is 5.82. The SMILES string of the molecule is CCCC1CN(Cc2ccc3c(c2)Nc2nccnc2S3)CCC1CC(=O)O. The van der Waals surface area contributed by atoms with E-state index in [0.29, 0.717) is 18.3 Å². The van der Waals surface area contributed by atoms with Gasteiger partial charge in [0.1, 0.15) is 5.03 Å². The number of aliphatic carboxylic acids is 1. The minimum Gasteiger partial charge on any atom is -0.481 e. The van der Waals surface area contributed by atoms with Crippen LogP contribution in [0, 0.1) is 11.8 Å². The maximum Gasteiger partial charge on any atom is 0.303 e. The maximum atomic E-state index is 11.2. The average molecular weight is 399 g/mol. The Labute approximate surface area is 169 Å². The van der Waals surface area contributed by atoms with Crippen molar-refractivity contribution in [3.63, 3.8) is 0 Å². The molecule has 2 atom stereocenters. The molecule has 1 aromatic heterocycles. The average Bonchev–Trinajstić information content (AvgIpc) is 2.68. The minimum atomic E-state index is -0.666. The van der Waals surface area contributed by atoms with E-state index < -0.39 is 5.97 Å². The molecule has 1 fully saturated rings. The molecule has 4 rings (SSSR count). The molecule has 2 N–H and O–H groups in total. The fourth-order valence-electron chi connectivity index (χ4n) is 4.33. The lowest BCUT2D eigenvalue weighted by molar-refractivity contribution is -0.139. The van der Waals surface area contributed by atoms with Crippen LogP contribution < -0.4 is 5.32 Å². The summed E-state index contributed by atoms with van der Waals surface area (Å²) >= 11 is 1.64. The standard InChI is InChI=1S/C21H26N4O2S/c1-2-3-16-13-25(9-6-15(16)11-19(26)27)12-14-4-5-18-17(10-14)24-20-21(28-18)23-8-7-22-20/h4-5,7-8,10,15-16H,2-3,6,9,11-13H2,1H3,(H,22,24)(H,26,27). The highest BCUT2D eigenvalue weighted by molar-refractivity contribution is 7.99. The molecular weight excluding hydrogens is 372 g/mol. The number of aromatic nitrogens is 2. The van der Waals surface area contributed by atoms with Crippen LogP contribution in [0.2, 0.25) is 0 Å². The number of carboxylic acids is 1. The van der Waals surface area contributed by atoms with Gasteiger partial charge in [-0.05, 0) is 48.9 Å². The van der Waals surface area contributed by atoms with E-state index in [9.17, 15) is 9.90 Å². The van der Waals surface area contributed by atoms with Gasteiger partial charge >= 0.3 is 5.97 Å². The normalized spacial score (nSPS) is 21.5. The van der Waals surface area contributed by atoms with Gasteiger partial charge in [-0.25, -0.2) is 9.97 Å². The Morgan fingerprint density at radius 1 is 1.32 bits per heavy atom. The number of hydrogen-bond acceptors (Lipinski definition) is 6. The molecule has 0 saturated carbocycles. The topological polar surface area (TPSA) is 78.3 Å². The quantitative estimate of drug-likeness (QED) is 0.637. The van der Waals surface area contributed by atoms with Crippen molar-refractivity contribution >= 4 is 29.2 Å². The summed E-state index contributed by atoms with van der Waals surface area (Å²) in [4.78, 5) is 23.6. The van der Waals surface area contributed by atoms with Gasteiger partial charge in [0, 0.05) is 36.8 Å². The number of fused-ring (bicyclic) bond motifs is 2. The van der Waals surface area contributed by atoms with E-state index in [4.69, 9.17) is 0 Å². The largest absolute Gasteiger partial charge is 0.481 e. The first-order valence-electron chi connectivity index (χ1n) is 9.95. The predicted molar refractivity (Wildman–Crippen MR) is 110 cm³/mol. The molecule has 2 aromatic rings. The first-order chi connectivity index (χ1) is 13.6. The van der Waals surface area contributed by atoms with E-state index in [1.54, 1.807) is 24.2 Å². The molecule has 1 aromatic carbocycles. The van der Waals surface area contributed by atoms with Crippen molar-refractivity contribution in [2.45, 2.75) is 49.1 Å². The Bertz CT molecular complexity index is 860. The Morgan fingerprint density at radius 3 is 3.00 bits per heavy atom. The molecule has 6 nitrogen and oxygen atoms in total. The van der Waals surface area contributed by atoms with Gasteiger partial charge in [0.05, 0.1) is 5.69 Å². The zero-order chi connectivity index (χ0) is 19.5. The Hall–Kier alpha value is -2.12. The summed E-state index contributed by atoms with van der Waals surface area (Å²) in [6.07, 6.45) is 6.91. The number of nitrogens with one attached hydrogen (secondary N) is 1. The zero-order valence-electron chi connectivity index (χ0n) is 16.1. The summed E-state index contributed by atoms with van der Waals surface area (Å²) in [6.45, 7) is 5.03. The highest BCUT2D eigenvalue weighted by Crippen LogP contribution is 2.42. The van der Waals surface area contributed by atoms with Crippen LogP contribution in [-0.2, 0) is 11.3 Å². The van der Waals surface area contributed by atoms with Crippen molar-refractivity contribution < 1.29 is 9.90 Å². The molecule has 7 heteroatoms. The van der Waals surface area contributed by atoms with E-state index in [0.717, 1.165) is 55.4 Å². The molecule has 0 spiro atoms. The van der Waals surface area contributed by atoms with E-state index in [2.05, 4.69) is 45.3 Å². The number of nitrogens with zero attached hydrogens (tertiary/aromatic N) is 3. The summed E-state index contributed by atoms with van der Waals surface area (Å²) in [6, 6.07) is 6.55. The number of anilines is 2. The number of carboxylic acid groups (broad SMARTS) is 1. The van der Waals surface area contributed by atoms with Gasteiger partial charge in [0.25, 0.3) is 0 Å². The second-order valence-corrected chi connectivity index (χ2v) is 8.73. The molecule has 148 valence electrons. The maximum absolute atomic E-state index is 11.2. The Morgan fingerprint density at radius 2 is 2.18 bits per heavy atom. The van der Waals surface area contributed by atoms with Crippen LogP contribution in [0.3, 0.4) is 0 Å². The minimum absolute atomic E-state index is 0.305. The second-order valence-electron chi connectivity index (χ2n) is 7.70. The third-order valence-electron chi connectivity index (χ3n) is 5.65. The summed E-state index contributed by atoms with van der Waals surface area (Å²) in [7, 11) is 0. The molecule has 0 radical (unpaired) electrons.